The molecule has 0 bridgehead atoms. The lowest BCUT2D eigenvalue weighted by molar-refractivity contribution is -0.130. The summed E-state index contributed by atoms with van der Waals surface area (Å²) in [6.07, 6.45) is 4.10. The van der Waals surface area contributed by atoms with Crippen LogP contribution in [0.5, 0.6) is 0 Å². The Labute approximate surface area is 195 Å². The maximum Gasteiger partial charge on any atom is 0.253 e. The number of piperazine rings is 1. The molecule has 2 aliphatic carbocycles. The molecule has 0 spiro atoms. The number of benzene rings is 2. The Morgan fingerprint density at radius 3 is 2.36 bits per heavy atom. The van der Waals surface area contributed by atoms with E-state index in [4.69, 9.17) is 0 Å². The van der Waals surface area contributed by atoms with Crippen LogP contribution in [0.15, 0.2) is 54.6 Å². The second kappa shape index (κ2) is 9.65. The van der Waals surface area contributed by atoms with Gasteiger partial charge >= 0.3 is 0 Å². The predicted octanol–water partition coefficient (Wildman–Crippen LogP) is 2.78. The Kier molecular flexibility index (Phi) is 6.47. The van der Waals surface area contributed by atoms with Crippen LogP contribution in [0.25, 0.3) is 0 Å². The molecule has 1 aliphatic heterocycles. The molecule has 0 unspecified atom stereocenters. The highest BCUT2D eigenvalue weighted by Gasteiger charge is 2.39. The highest BCUT2D eigenvalue weighted by atomic mass is 16.3. The van der Waals surface area contributed by atoms with Crippen LogP contribution in [0, 0.1) is 5.92 Å². The van der Waals surface area contributed by atoms with E-state index in [0.717, 1.165) is 55.5 Å². The summed E-state index contributed by atoms with van der Waals surface area (Å²) in [5.74, 6) is 0.0698. The van der Waals surface area contributed by atoms with Gasteiger partial charge in [-0.05, 0) is 36.1 Å². The van der Waals surface area contributed by atoms with Crippen molar-refractivity contribution in [3.05, 3.63) is 71.3 Å². The van der Waals surface area contributed by atoms with Gasteiger partial charge in [0.1, 0.15) is 0 Å². The van der Waals surface area contributed by atoms with Gasteiger partial charge in [0.05, 0.1) is 18.1 Å². The molecule has 0 aromatic heterocycles. The summed E-state index contributed by atoms with van der Waals surface area (Å²) >= 11 is 0. The maximum atomic E-state index is 13.4. The van der Waals surface area contributed by atoms with Gasteiger partial charge in [-0.3, -0.25) is 14.5 Å². The Morgan fingerprint density at radius 2 is 1.58 bits per heavy atom. The lowest BCUT2D eigenvalue weighted by Gasteiger charge is -2.44. The van der Waals surface area contributed by atoms with Crippen LogP contribution >= 0.6 is 0 Å². The zero-order valence-electron chi connectivity index (χ0n) is 19.0. The number of nitrogens with zero attached hydrogens (tertiary/aromatic N) is 2. The molecule has 1 saturated carbocycles. The van der Waals surface area contributed by atoms with Gasteiger partial charge in [-0.15, -0.1) is 0 Å². The molecule has 2 fully saturated rings. The minimum absolute atomic E-state index is 0.0586. The number of nitrogens with one attached hydrogen (secondary N) is 1. The van der Waals surface area contributed by atoms with Crippen molar-refractivity contribution in [3.63, 3.8) is 0 Å². The Bertz CT molecular complexity index is 987. The lowest BCUT2D eigenvalue weighted by Crippen LogP contribution is -2.56. The van der Waals surface area contributed by atoms with Gasteiger partial charge in [0.15, 0.2) is 0 Å². The topological polar surface area (TPSA) is 72.9 Å². The fourth-order valence-corrected chi connectivity index (χ4v) is 5.88. The van der Waals surface area contributed by atoms with Crippen molar-refractivity contribution in [3.8, 4) is 0 Å². The molecular weight excluding hydrogens is 414 g/mol. The summed E-state index contributed by atoms with van der Waals surface area (Å²) in [5, 5.41) is 13.8. The van der Waals surface area contributed by atoms with Gasteiger partial charge in [0.25, 0.3) is 5.91 Å². The lowest BCUT2D eigenvalue weighted by atomic mass is 9.82. The number of fused-ring (bicyclic) bond motifs is 1. The Balaban J connectivity index is 1.22. The molecule has 4 atom stereocenters. The van der Waals surface area contributed by atoms with E-state index in [1.165, 1.54) is 0 Å². The molecule has 1 saturated heterocycles. The summed E-state index contributed by atoms with van der Waals surface area (Å²) in [4.78, 5) is 30.5. The zero-order valence-corrected chi connectivity index (χ0v) is 19.0. The SMILES string of the molecule is O=C(N[C@H]1c2ccccc2C[C@H]1O)[C@@H]1CCCC[C@H]1N1CCN(C(=O)c2ccccc2)CC1. The molecule has 2 amide bonds. The second-order valence-corrected chi connectivity index (χ2v) is 9.61. The third-order valence-corrected chi connectivity index (χ3v) is 7.66. The quantitative estimate of drug-likeness (QED) is 0.756. The van der Waals surface area contributed by atoms with Gasteiger partial charge in [-0.2, -0.15) is 0 Å². The molecule has 1 heterocycles. The average molecular weight is 448 g/mol. The van der Waals surface area contributed by atoms with E-state index in [1.807, 2.05) is 59.5 Å². The molecule has 2 aromatic carbocycles. The van der Waals surface area contributed by atoms with Crippen LogP contribution in [0.2, 0.25) is 0 Å². The molecule has 2 N–H and O–H groups in total. The summed E-state index contributed by atoms with van der Waals surface area (Å²) in [7, 11) is 0. The second-order valence-electron chi connectivity index (χ2n) is 9.61. The van der Waals surface area contributed by atoms with Crippen molar-refractivity contribution < 1.29 is 14.7 Å². The van der Waals surface area contributed by atoms with Crippen LogP contribution in [-0.4, -0.2) is 65.0 Å². The molecule has 33 heavy (non-hydrogen) atoms. The summed E-state index contributed by atoms with van der Waals surface area (Å²) in [5.41, 5.74) is 2.89. The third-order valence-electron chi connectivity index (χ3n) is 7.66. The van der Waals surface area contributed by atoms with E-state index >= 15 is 0 Å². The van der Waals surface area contributed by atoms with Crippen molar-refractivity contribution in [2.24, 2.45) is 5.92 Å². The maximum absolute atomic E-state index is 13.4. The van der Waals surface area contributed by atoms with Crippen molar-refractivity contribution in [1.82, 2.24) is 15.1 Å². The summed E-state index contributed by atoms with van der Waals surface area (Å²) in [6.45, 7) is 2.96. The Hall–Kier alpha value is -2.70. The van der Waals surface area contributed by atoms with E-state index in [1.54, 1.807) is 0 Å². The largest absolute Gasteiger partial charge is 0.390 e. The number of amides is 2. The fourth-order valence-electron chi connectivity index (χ4n) is 5.88. The number of hydrogen-bond acceptors (Lipinski definition) is 4. The first-order valence-corrected chi connectivity index (χ1v) is 12.3. The number of carbonyl (C=O) groups excluding carboxylic acids is 2. The van der Waals surface area contributed by atoms with Gasteiger partial charge in [-0.1, -0.05) is 55.3 Å². The zero-order chi connectivity index (χ0) is 22.8. The monoisotopic (exact) mass is 447 g/mol. The number of aliphatic hydroxyl groups is 1. The normalized spacial score (nSPS) is 27.7. The van der Waals surface area contributed by atoms with E-state index in [0.29, 0.717) is 19.5 Å². The smallest absolute Gasteiger partial charge is 0.253 e. The van der Waals surface area contributed by atoms with Crippen molar-refractivity contribution >= 4 is 11.8 Å². The highest BCUT2D eigenvalue weighted by Crippen LogP contribution is 2.34. The molecule has 6 nitrogen and oxygen atoms in total. The minimum Gasteiger partial charge on any atom is -0.390 e. The molecule has 6 heteroatoms. The van der Waals surface area contributed by atoms with Gasteiger partial charge < -0.3 is 15.3 Å². The summed E-state index contributed by atoms with van der Waals surface area (Å²) in [6, 6.07) is 17.3. The van der Waals surface area contributed by atoms with Crippen molar-refractivity contribution in [1.29, 1.82) is 0 Å². The van der Waals surface area contributed by atoms with Crippen LogP contribution < -0.4 is 5.32 Å². The van der Waals surface area contributed by atoms with E-state index in [9.17, 15) is 14.7 Å². The first kappa shape index (κ1) is 22.1. The van der Waals surface area contributed by atoms with E-state index in [2.05, 4.69) is 10.2 Å². The first-order valence-electron chi connectivity index (χ1n) is 12.3. The predicted molar refractivity (Wildman–Crippen MR) is 127 cm³/mol. The molecule has 3 aliphatic rings. The number of aliphatic hydroxyl groups excluding tert-OH is 1. The Morgan fingerprint density at radius 1 is 0.879 bits per heavy atom. The van der Waals surface area contributed by atoms with E-state index < -0.39 is 6.10 Å². The molecule has 0 radical (unpaired) electrons. The van der Waals surface area contributed by atoms with E-state index in [-0.39, 0.29) is 29.8 Å². The number of rotatable bonds is 4. The average Bonchev–Trinajstić information content (AvgIpc) is 3.19. The standard InChI is InChI=1S/C27H33N3O3/c31-24-18-20-10-4-5-11-21(20)25(24)28-26(32)22-12-6-7-13-23(22)29-14-16-30(17-15-29)27(33)19-8-2-1-3-9-19/h1-5,8-11,22-25,31H,6-7,12-18H2,(H,28,32)/t22-,23-,24-,25+/m1/s1. The van der Waals surface area contributed by atoms with Crippen LogP contribution in [0.1, 0.15) is 53.2 Å². The summed E-state index contributed by atoms with van der Waals surface area (Å²) < 4.78 is 0. The fraction of sp³-hybridized carbons (Fsp3) is 0.481. The third kappa shape index (κ3) is 4.55. The van der Waals surface area contributed by atoms with Crippen LogP contribution in [0.4, 0.5) is 0 Å². The van der Waals surface area contributed by atoms with Crippen LogP contribution in [-0.2, 0) is 11.2 Å². The van der Waals surface area contributed by atoms with Gasteiger partial charge in [0.2, 0.25) is 5.91 Å². The van der Waals surface area contributed by atoms with Gasteiger partial charge in [-0.25, -0.2) is 0 Å². The highest BCUT2D eigenvalue weighted by molar-refractivity contribution is 5.94. The number of carbonyl (C=O) groups is 2. The first-order chi connectivity index (χ1) is 16.1. The van der Waals surface area contributed by atoms with Crippen molar-refractivity contribution in [2.45, 2.75) is 50.3 Å². The van der Waals surface area contributed by atoms with Gasteiger partial charge in [0, 0.05) is 44.2 Å². The molecule has 174 valence electrons. The minimum atomic E-state index is -0.569. The molecular formula is C27H33N3O3. The molecule has 5 rings (SSSR count). The van der Waals surface area contributed by atoms with Crippen LogP contribution in [0.3, 0.4) is 0 Å². The number of hydrogen-bond donors (Lipinski definition) is 2. The van der Waals surface area contributed by atoms with Crippen molar-refractivity contribution in [2.75, 3.05) is 26.2 Å². The molecule has 2 aromatic rings.